The number of hydrogen-bond acceptors (Lipinski definition) is 2. The smallest absolute Gasteiger partial charge is 0.235 e. The van der Waals surface area contributed by atoms with Crippen molar-refractivity contribution in [1.82, 2.24) is 5.32 Å². The Balaban J connectivity index is 2.46. The molecule has 0 saturated carbocycles. The molecule has 0 aromatic heterocycles. The molecule has 0 fully saturated rings. The fraction of sp³-hybridized carbons (Fsp3) is 0.222. The largest absolute Gasteiger partial charge is 0.399 e. The summed E-state index contributed by atoms with van der Waals surface area (Å²) in [5, 5.41) is 2.66. The van der Waals surface area contributed by atoms with Gasteiger partial charge in [0.1, 0.15) is 5.88 Å². The molecule has 0 radical (unpaired) electrons. The second-order valence-corrected chi connectivity index (χ2v) is 2.92. The van der Waals surface area contributed by atoms with Crippen LogP contribution in [0, 0.1) is 0 Å². The summed E-state index contributed by atoms with van der Waals surface area (Å²) >= 11 is 5.31. The Morgan fingerprint density at radius 1 is 1.38 bits per heavy atom. The minimum atomic E-state index is -0.168. The molecule has 70 valence electrons. The van der Waals surface area contributed by atoms with Gasteiger partial charge in [-0.1, -0.05) is 12.1 Å². The van der Waals surface area contributed by atoms with E-state index in [0.29, 0.717) is 12.2 Å². The Morgan fingerprint density at radius 2 is 2.00 bits per heavy atom. The first-order chi connectivity index (χ1) is 6.22. The van der Waals surface area contributed by atoms with Crippen molar-refractivity contribution < 1.29 is 4.79 Å². The lowest BCUT2D eigenvalue weighted by Crippen LogP contribution is -2.23. The molecule has 0 bridgehead atoms. The van der Waals surface area contributed by atoms with Crippen molar-refractivity contribution in [3.8, 4) is 0 Å². The number of carbonyl (C=O) groups is 1. The molecule has 0 spiro atoms. The number of rotatable bonds is 3. The van der Waals surface area contributed by atoms with Crippen LogP contribution in [0.3, 0.4) is 0 Å². The minimum Gasteiger partial charge on any atom is -0.399 e. The van der Waals surface area contributed by atoms with E-state index in [2.05, 4.69) is 5.32 Å². The lowest BCUT2D eigenvalue weighted by molar-refractivity contribution is -0.118. The van der Waals surface area contributed by atoms with E-state index in [-0.39, 0.29) is 11.8 Å². The van der Waals surface area contributed by atoms with Crippen LogP contribution in [0.1, 0.15) is 5.56 Å². The molecule has 0 atom stereocenters. The van der Waals surface area contributed by atoms with E-state index in [0.717, 1.165) is 5.56 Å². The Morgan fingerprint density at radius 3 is 2.54 bits per heavy atom. The highest BCUT2D eigenvalue weighted by atomic mass is 35.5. The van der Waals surface area contributed by atoms with Crippen molar-refractivity contribution in [3.63, 3.8) is 0 Å². The number of nitrogen functional groups attached to an aromatic ring is 1. The van der Waals surface area contributed by atoms with Crippen LogP contribution in [0.4, 0.5) is 5.69 Å². The third kappa shape index (κ3) is 3.34. The van der Waals surface area contributed by atoms with E-state index in [9.17, 15) is 4.79 Å². The maximum atomic E-state index is 10.8. The van der Waals surface area contributed by atoms with E-state index in [1.54, 1.807) is 12.1 Å². The predicted octanol–water partition coefficient (Wildman–Crippen LogP) is 1.12. The summed E-state index contributed by atoms with van der Waals surface area (Å²) in [6.07, 6.45) is 0. The molecule has 1 aromatic carbocycles. The highest BCUT2D eigenvalue weighted by molar-refractivity contribution is 6.27. The molecule has 4 heteroatoms. The van der Waals surface area contributed by atoms with Crippen molar-refractivity contribution >= 4 is 23.2 Å². The highest BCUT2D eigenvalue weighted by Gasteiger charge is 1.97. The Bertz CT molecular complexity index is 284. The van der Waals surface area contributed by atoms with Crippen LogP contribution >= 0.6 is 11.6 Å². The molecule has 0 unspecified atom stereocenters. The average molecular weight is 199 g/mol. The van der Waals surface area contributed by atoms with Gasteiger partial charge >= 0.3 is 0 Å². The zero-order valence-electron chi connectivity index (χ0n) is 7.09. The van der Waals surface area contributed by atoms with Gasteiger partial charge in [-0.3, -0.25) is 4.79 Å². The van der Waals surface area contributed by atoms with Crippen molar-refractivity contribution in [2.24, 2.45) is 0 Å². The SMILES string of the molecule is Nc1ccc(CNC(=O)CCl)cc1. The molecule has 1 amide bonds. The Hall–Kier alpha value is -1.22. The first kappa shape index (κ1) is 9.86. The van der Waals surface area contributed by atoms with Crippen LogP contribution in [-0.2, 0) is 11.3 Å². The van der Waals surface area contributed by atoms with Crippen molar-refractivity contribution in [3.05, 3.63) is 29.8 Å². The third-order valence-electron chi connectivity index (χ3n) is 1.59. The van der Waals surface area contributed by atoms with Crippen LogP contribution in [0.15, 0.2) is 24.3 Å². The molecular formula is C9H11ClN2O. The van der Waals surface area contributed by atoms with Crippen LogP contribution in [0.25, 0.3) is 0 Å². The number of alkyl halides is 1. The van der Waals surface area contributed by atoms with Gasteiger partial charge in [0, 0.05) is 12.2 Å². The van der Waals surface area contributed by atoms with Crippen LogP contribution in [-0.4, -0.2) is 11.8 Å². The number of nitrogens with two attached hydrogens (primary N) is 1. The lowest BCUT2D eigenvalue weighted by Gasteiger charge is -2.02. The summed E-state index contributed by atoms with van der Waals surface area (Å²) in [6.45, 7) is 0.492. The molecule has 13 heavy (non-hydrogen) atoms. The second-order valence-electron chi connectivity index (χ2n) is 2.65. The van der Waals surface area contributed by atoms with Crippen molar-refractivity contribution in [2.75, 3.05) is 11.6 Å². The van der Waals surface area contributed by atoms with Crippen LogP contribution in [0.5, 0.6) is 0 Å². The second kappa shape index (κ2) is 4.72. The van der Waals surface area contributed by atoms with Gasteiger partial charge in [-0.2, -0.15) is 0 Å². The summed E-state index contributed by atoms with van der Waals surface area (Å²) in [6, 6.07) is 7.32. The molecule has 1 aromatic rings. The molecular weight excluding hydrogens is 188 g/mol. The number of hydrogen-bond donors (Lipinski definition) is 2. The number of anilines is 1. The Kier molecular flexibility index (Phi) is 3.58. The van der Waals surface area contributed by atoms with Crippen molar-refractivity contribution in [2.45, 2.75) is 6.54 Å². The van der Waals surface area contributed by atoms with E-state index in [1.165, 1.54) is 0 Å². The molecule has 0 aliphatic heterocycles. The summed E-state index contributed by atoms with van der Waals surface area (Å²) in [5.74, 6) is -0.173. The van der Waals surface area contributed by atoms with E-state index >= 15 is 0 Å². The number of halogens is 1. The fourth-order valence-electron chi connectivity index (χ4n) is 0.883. The average Bonchev–Trinajstić information content (AvgIpc) is 2.16. The standard InChI is InChI=1S/C9H11ClN2O/c10-5-9(13)12-6-7-1-3-8(11)4-2-7/h1-4H,5-6,11H2,(H,12,13). The molecule has 1 rings (SSSR count). The van der Waals surface area contributed by atoms with Crippen molar-refractivity contribution in [1.29, 1.82) is 0 Å². The maximum absolute atomic E-state index is 10.8. The monoisotopic (exact) mass is 198 g/mol. The van der Waals surface area contributed by atoms with Crippen LogP contribution < -0.4 is 11.1 Å². The quantitative estimate of drug-likeness (QED) is 0.565. The molecule has 0 aliphatic carbocycles. The zero-order chi connectivity index (χ0) is 9.68. The van der Waals surface area contributed by atoms with Gasteiger partial charge in [0.05, 0.1) is 0 Å². The number of carbonyl (C=O) groups excluding carboxylic acids is 1. The minimum absolute atomic E-state index is 0.00499. The first-order valence-electron chi connectivity index (χ1n) is 3.89. The first-order valence-corrected chi connectivity index (χ1v) is 4.43. The van der Waals surface area contributed by atoms with Gasteiger partial charge in [-0.25, -0.2) is 0 Å². The van der Waals surface area contributed by atoms with Gasteiger partial charge < -0.3 is 11.1 Å². The van der Waals surface area contributed by atoms with Crippen LogP contribution in [0.2, 0.25) is 0 Å². The fourth-order valence-corrected chi connectivity index (χ4v) is 0.978. The summed E-state index contributed by atoms with van der Waals surface area (Å²) in [5.41, 5.74) is 7.22. The normalized spacial score (nSPS) is 9.62. The van der Waals surface area contributed by atoms with E-state index < -0.39 is 0 Å². The highest BCUT2D eigenvalue weighted by Crippen LogP contribution is 2.04. The Labute approximate surface area is 81.9 Å². The third-order valence-corrected chi connectivity index (χ3v) is 1.83. The molecule has 0 aliphatic rings. The number of amides is 1. The number of benzene rings is 1. The number of nitrogens with one attached hydrogen (secondary N) is 1. The molecule has 3 N–H and O–H groups in total. The molecule has 0 saturated heterocycles. The van der Waals surface area contributed by atoms with Gasteiger partial charge in [-0.05, 0) is 17.7 Å². The molecule has 0 heterocycles. The van der Waals surface area contributed by atoms with Gasteiger partial charge in [-0.15, -0.1) is 11.6 Å². The van der Waals surface area contributed by atoms with Gasteiger partial charge in [0.2, 0.25) is 5.91 Å². The topological polar surface area (TPSA) is 55.1 Å². The van der Waals surface area contributed by atoms with E-state index in [1.807, 2.05) is 12.1 Å². The van der Waals surface area contributed by atoms with E-state index in [4.69, 9.17) is 17.3 Å². The summed E-state index contributed by atoms with van der Waals surface area (Å²) < 4.78 is 0. The summed E-state index contributed by atoms with van der Waals surface area (Å²) in [4.78, 5) is 10.8. The van der Waals surface area contributed by atoms with Gasteiger partial charge in [0.15, 0.2) is 0 Å². The maximum Gasteiger partial charge on any atom is 0.235 e. The zero-order valence-corrected chi connectivity index (χ0v) is 7.84. The lowest BCUT2D eigenvalue weighted by atomic mass is 10.2. The molecule has 3 nitrogen and oxygen atoms in total. The van der Waals surface area contributed by atoms with Gasteiger partial charge in [0.25, 0.3) is 0 Å². The summed E-state index contributed by atoms with van der Waals surface area (Å²) in [7, 11) is 0. The predicted molar refractivity (Wildman–Crippen MR) is 53.4 cm³/mol.